The number of ether oxygens (including phenoxy) is 2. The molecule has 27 heavy (non-hydrogen) atoms. The summed E-state index contributed by atoms with van der Waals surface area (Å²) in [5, 5.41) is 9.39. The number of hydrogen-bond acceptors (Lipinski definition) is 5. The van der Waals surface area contributed by atoms with Crippen LogP contribution in [0.5, 0.6) is 11.5 Å². The number of aromatic nitrogens is 1. The van der Waals surface area contributed by atoms with E-state index in [9.17, 15) is 14.7 Å². The van der Waals surface area contributed by atoms with Gasteiger partial charge in [-0.25, -0.2) is 4.79 Å². The van der Waals surface area contributed by atoms with Crippen LogP contribution in [0, 0.1) is 6.92 Å². The number of methoxy groups -OCH3 is 2. The predicted octanol–water partition coefficient (Wildman–Crippen LogP) is 2.42. The molecular weight excluding hydrogens is 348 g/mol. The van der Waals surface area contributed by atoms with Crippen molar-refractivity contribution < 1.29 is 19.4 Å². The number of nitrogens with zero attached hydrogens (tertiary/aromatic N) is 2. The number of hydrogen-bond donors (Lipinski definition) is 1. The van der Waals surface area contributed by atoms with Gasteiger partial charge in [0.25, 0.3) is 0 Å². The molecule has 7 heteroatoms. The molecule has 1 atom stereocenters. The number of likely N-dealkylation sites (tertiary alicyclic amines) is 1. The van der Waals surface area contributed by atoms with Gasteiger partial charge in [0.15, 0.2) is 16.9 Å². The third-order valence-corrected chi connectivity index (χ3v) is 5.08. The van der Waals surface area contributed by atoms with E-state index >= 15 is 0 Å². The molecule has 1 N–H and O–H groups in total. The van der Waals surface area contributed by atoms with Crippen LogP contribution in [0.4, 0.5) is 0 Å². The average Bonchev–Trinajstić information content (AvgIpc) is 3.07. The molecule has 1 aliphatic heterocycles. The summed E-state index contributed by atoms with van der Waals surface area (Å²) in [6, 6.07) is 5.19. The number of pyridine rings is 1. The van der Waals surface area contributed by atoms with Crippen molar-refractivity contribution in [2.75, 3.05) is 34.4 Å². The summed E-state index contributed by atoms with van der Waals surface area (Å²) in [6.45, 7) is 3.64. The maximum absolute atomic E-state index is 12.4. The van der Waals surface area contributed by atoms with E-state index in [0.717, 1.165) is 30.6 Å². The summed E-state index contributed by atoms with van der Waals surface area (Å²) >= 11 is 0. The second kappa shape index (κ2) is 7.44. The lowest BCUT2D eigenvalue weighted by atomic mass is 10.0. The van der Waals surface area contributed by atoms with Crippen molar-refractivity contribution in [3.63, 3.8) is 0 Å². The lowest BCUT2D eigenvalue weighted by Crippen LogP contribution is -2.23. The minimum absolute atomic E-state index is 0.0937. The molecule has 0 bridgehead atoms. The molecule has 2 heterocycles. The Kier molecular flexibility index (Phi) is 5.23. The molecule has 1 aromatic heterocycles. The maximum atomic E-state index is 12.4. The van der Waals surface area contributed by atoms with Gasteiger partial charge in [-0.15, -0.1) is 0 Å². The van der Waals surface area contributed by atoms with Crippen molar-refractivity contribution in [1.29, 1.82) is 0 Å². The first-order valence-electron chi connectivity index (χ1n) is 8.76. The Morgan fingerprint density at radius 1 is 1.19 bits per heavy atom. The van der Waals surface area contributed by atoms with Crippen LogP contribution in [0.15, 0.2) is 29.2 Å². The molecule has 7 nitrogen and oxygen atoms in total. The number of aryl methyl sites for hydroxylation is 1. The summed E-state index contributed by atoms with van der Waals surface area (Å²) in [6.07, 6.45) is 2.36. The molecule has 144 valence electrons. The highest BCUT2D eigenvalue weighted by Gasteiger charge is 2.25. The number of aromatic carboxylic acids is 1. The Balaban J connectivity index is 2.24. The highest BCUT2D eigenvalue weighted by atomic mass is 16.5. The lowest BCUT2D eigenvalue weighted by Gasteiger charge is -2.22. The maximum Gasteiger partial charge on any atom is 0.341 e. The topological polar surface area (TPSA) is 81.0 Å². The van der Waals surface area contributed by atoms with Gasteiger partial charge in [-0.05, 0) is 44.6 Å². The van der Waals surface area contributed by atoms with Gasteiger partial charge in [-0.3, -0.25) is 4.79 Å². The molecule has 2 aromatic rings. The Morgan fingerprint density at radius 2 is 1.85 bits per heavy atom. The van der Waals surface area contributed by atoms with Gasteiger partial charge < -0.3 is 24.0 Å². The van der Waals surface area contributed by atoms with Crippen molar-refractivity contribution in [2.24, 2.45) is 0 Å². The van der Waals surface area contributed by atoms with E-state index in [2.05, 4.69) is 4.90 Å². The minimum Gasteiger partial charge on any atom is -0.493 e. The van der Waals surface area contributed by atoms with Gasteiger partial charge in [0.1, 0.15) is 5.56 Å². The van der Waals surface area contributed by atoms with Crippen LogP contribution in [-0.2, 0) is 0 Å². The Labute approximate surface area is 157 Å². The molecule has 0 amide bonds. The number of benzene rings is 1. The van der Waals surface area contributed by atoms with Gasteiger partial charge in [-0.1, -0.05) is 0 Å². The van der Waals surface area contributed by atoms with Crippen LogP contribution in [0.2, 0.25) is 0 Å². The minimum atomic E-state index is -1.21. The first-order chi connectivity index (χ1) is 12.8. The van der Waals surface area contributed by atoms with E-state index in [1.807, 2.05) is 30.7 Å². The van der Waals surface area contributed by atoms with E-state index in [4.69, 9.17) is 9.47 Å². The number of rotatable bonds is 5. The average molecular weight is 372 g/mol. The highest BCUT2D eigenvalue weighted by Crippen LogP contribution is 2.36. The zero-order chi connectivity index (χ0) is 19.7. The molecule has 1 saturated heterocycles. The SMILES string of the molecule is COc1cc(C)c(-c2cc(=O)c(C(=O)O)cn2C2CCN(C)C2)cc1OC. The second-order valence-corrected chi connectivity index (χ2v) is 6.88. The Morgan fingerprint density at radius 3 is 2.41 bits per heavy atom. The van der Waals surface area contributed by atoms with Gasteiger partial charge in [0.05, 0.1) is 19.9 Å². The summed E-state index contributed by atoms with van der Waals surface area (Å²) < 4.78 is 12.7. The quantitative estimate of drug-likeness (QED) is 0.868. The third-order valence-electron chi connectivity index (χ3n) is 5.08. The van der Waals surface area contributed by atoms with E-state index < -0.39 is 11.4 Å². The van der Waals surface area contributed by atoms with Crippen LogP contribution in [0.1, 0.15) is 28.4 Å². The number of likely N-dealkylation sites (N-methyl/N-ethyl adjacent to an activating group) is 1. The molecule has 3 rings (SSSR count). The molecule has 1 aromatic carbocycles. The molecular formula is C20H24N2O5. The number of carboxylic acids is 1. The molecule has 1 unspecified atom stereocenters. The zero-order valence-corrected chi connectivity index (χ0v) is 16.0. The lowest BCUT2D eigenvalue weighted by molar-refractivity contribution is 0.0694. The molecule has 0 saturated carbocycles. The number of carbonyl (C=O) groups is 1. The monoisotopic (exact) mass is 372 g/mol. The summed E-state index contributed by atoms with van der Waals surface area (Å²) in [7, 11) is 5.16. The van der Waals surface area contributed by atoms with E-state index in [1.54, 1.807) is 14.2 Å². The standard InChI is InChI=1S/C20H24N2O5/c1-12-7-18(26-3)19(27-4)8-14(12)16-9-17(23)15(20(24)25)11-22(16)13-5-6-21(2)10-13/h7-9,11,13H,5-6,10H2,1-4H3,(H,24,25). The van der Waals surface area contributed by atoms with Crippen LogP contribution in [0.3, 0.4) is 0 Å². The van der Waals surface area contributed by atoms with Crippen molar-refractivity contribution in [3.05, 3.63) is 45.7 Å². The zero-order valence-electron chi connectivity index (χ0n) is 16.0. The van der Waals surface area contributed by atoms with Gasteiger partial charge >= 0.3 is 5.97 Å². The first-order valence-corrected chi connectivity index (χ1v) is 8.76. The largest absolute Gasteiger partial charge is 0.493 e. The van der Waals surface area contributed by atoms with Crippen LogP contribution >= 0.6 is 0 Å². The van der Waals surface area contributed by atoms with Crippen LogP contribution in [-0.4, -0.2) is 54.9 Å². The van der Waals surface area contributed by atoms with Gasteiger partial charge in [0, 0.05) is 30.4 Å². The van der Waals surface area contributed by atoms with E-state index in [0.29, 0.717) is 17.2 Å². The number of carboxylic acid groups (broad SMARTS) is 1. The second-order valence-electron chi connectivity index (χ2n) is 6.88. The summed E-state index contributed by atoms with van der Waals surface area (Å²) in [4.78, 5) is 26.1. The smallest absolute Gasteiger partial charge is 0.341 e. The van der Waals surface area contributed by atoms with Crippen molar-refractivity contribution in [3.8, 4) is 22.8 Å². The molecule has 0 spiro atoms. The van der Waals surface area contributed by atoms with Crippen LogP contribution < -0.4 is 14.9 Å². The Hall–Kier alpha value is -2.80. The van der Waals surface area contributed by atoms with Crippen LogP contribution in [0.25, 0.3) is 11.3 Å². The fraction of sp³-hybridized carbons (Fsp3) is 0.400. The molecule has 0 aliphatic carbocycles. The van der Waals surface area contributed by atoms with E-state index in [1.165, 1.54) is 12.3 Å². The van der Waals surface area contributed by atoms with E-state index in [-0.39, 0.29) is 11.6 Å². The fourth-order valence-electron chi connectivity index (χ4n) is 3.62. The van der Waals surface area contributed by atoms with Crippen molar-refractivity contribution in [2.45, 2.75) is 19.4 Å². The highest BCUT2D eigenvalue weighted by molar-refractivity contribution is 5.87. The van der Waals surface area contributed by atoms with Crippen molar-refractivity contribution in [1.82, 2.24) is 9.47 Å². The molecule has 1 fully saturated rings. The van der Waals surface area contributed by atoms with Gasteiger partial charge in [0.2, 0.25) is 0 Å². The first kappa shape index (κ1) is 19.0. The van der Waals surface area contributed by atoms with Crippen molar-refractivity contribution >= 4 is 5.97 Å². The summed E-state index contributed by atoms with van der Waals surface area (Å²) in [5.41, 5.74) is 1.69. The Bertz CT molecular complexity index is 935. The fourth-order valence-corrected chi connectivity index (χ4v) is 3.62. The summed E-state index contributed by atoms with van der Waals surface area (Å²) in [5.74, 6) is -0.0472. The third kappa shape index (κ3) is 3.55. The predicted molar refractivity (Wildman–Crippen MR) is 102 cm³/mol. The molecule has 0 radical (unpaired) electrons. The normalized spacial score (nSPS) is 17.1. The van der Waals surface area contributed by atoms with Gasteiger partial charge in [-0.2, -0.15) is 0 Å². The molecule has 1 aliphatic rings.